The maximum atomic E-state index is 11.5. The van der Waals surface area contributed by atoms with Crippen molar-refractivity contribution >= 4 is 33.6 Å². The van der Waals surface area contributed by atoms with E-state index in [-0.39, 0.29) is 5.56 Å². The van der Waals surface area contributed by atoms with Crippen molar-refractivity contribution < 1.29 is 14.3 Å². The summed E-state index contributed by atoms with van der Waals surface area (Å²) in [6.45, 7) is 0. The second-order valence-electron chi connectivity index (χ2n) is 4.88. The third kappa shape index (κ3) is 3.00. The first kappa shape index (κ1) is 15.4. The maximum Gasteiger partial charge on any atom is 0.379 e. The first-order chi connectivity index (χ1) is 11.7. The van der Waals surface area contributed by atoms with Crippen molar-refractivity contribution in [1.29, 1.82) is 0 Å². The Hall–Kier alpha value is -3.48. The van der Waals surface area contributed by atoms with Crippen LogP contribution in [0.1, 0.15) is 10.4 Å². The smallest absolute Gasteiger partial charge is 0.379 e. The molecule has 0 radical (unpaired) electrons. The lowest BCUT2D eigenvalue weighted by atomic mass is 10.1. The number of ether oxygens (including phenoxy) is 1. The Bertz CT molecular complexity index is 973. The number of fused-ring (bicyclic) bond motifs is 2. The number of esters is 1. The monoisotopic (exact) mass is 322 g/mol. The summed E-state index contributed by atoms with van der Waals surface area (Å²) >= 11 is 0. The van der Waals surface area contributed by atoms with Gasteiger partial charge in [0.05, 0.1) is 12.7 Å². The summed E-state index contributed by atoms with van der Waals surface area (Å²) < 4.78 is 4.36. The van der Waals surface area contributed by atoms with Crippen molar-refractivity contribution in [3.8, 4) is 0 Å². The first-order valence-electron chi connectivity index (χ1n) is 7.11. The fraction of sp³-hybridized carbons (Fsp3) is 0.0588. The van der Waals surface area contributed by atoms with E-state index in [4.69, 9.17) is 0 Å². The predicted octanol–water partition coefficient (Wildman–Crippen LogP) is 2.48. The van der Waals surface area contributed by atoms with E-state index >= 15 is 0 Å². The van der Waals surface area contributed by atoms with Crippen LogP contribution in [0.25, 0.3) is 21.8 Å². The molecule has 0 aliphatic carbocycles. The molecule has 0 spiro atoms. The fourth-order valence-electron chi connectivity index (χ4n) is 2.25. The summed E-state index contributed by atoms with van der Waals surface area (Å²) in [5.41, 5.74) is 2.19. The van der Waals surface area contributed by atoms with Crippen LogP contribution in [0.5, 0.6) is 0 Å². The third-order valence-corrected chi connectivity index (χ3v) is 3.45. The molecule has 24 heavy (non-hydrogen) atoms. The van der Waals surface area contributed by atoms with Gasteiger partial charge in [-0.1, -0.05) is 0 Å². The molecule has 7 heteroatoms. The molecule has 0 aliphatic heterocycles. The number of H-pyrrole nitrogens is 2. The van der Waals surface area contributed by atoms with Gasteiger partial charge in [-0.25, -0.2) is 4.79 Å². The highest BCUT2D eigenvalue weighted by Crippen LogP contribution is 2.17. The minimum absolute atomic E-state index is 0.282. The molecular formula is C17H14N4O3. The number of carbonyl (C=O) groups excluding carboxylic acids is 2. The zero-order chi connectivity index (χ0) is 16.9. The van der Waals surface area contributed by atoms with Crippen LogP contribution in [0.15, 0.2) is 55.4 Å². The van der Waals surface area contributed by atoms with Crippen molar-refractivity contribution in [3.05, 3.63) is 60.9 Å². The van der Waals surface area contributed by atoms with Crippen LogP contribution < -0.4 is 0 Å². The predicted molar refractivity (Wildman–Crippen MR) is 88.5 cm³/mol. The number of hydrogen-bond donors (Lipinski definition) is 2. The highest BCUT2D eigenvalue weighted by Gasteiger charge is 2.20. The zero-order valence-corrected chi connectivity index (χ0v) is 12.8. The second kappa shape index (κ2) is 6.74. The van der Waals surface area contributed by atoms with Gasteiger partial charge < -0.3 is 14.7 Å². The highest BCUT2D eigenvalue weighted by molar-refractivity contribution is 6.42. The average molecular weight is 322 g/mol. The molecule has 0 saturated carbocycles. The lowest BCUT2D eigenvalue weighted by Crippen LogP contribution is -2.15. The van der Waals surface area contributed by atoms with Gasteiger partial charge in [-0.05, 0) is 18.2 Å². The number of nitrogens with zero attached hydrogens (tertiary/aromatic N) is 2. The van der Waals surface area contributed by atoms with E-state index in [1.165, 1.54) is 19.5 Å². The Morgan fingerprint density at radius 3 is 2.50 bits per heavy atom. The summed E-state index contributed by atoms with van der Waals surface area (Å²) in [7, 11) is 1.17. The molecule has 120 valence electrons. The van der Waals surface area contributed by atoms with E-state index < -0.39 is 11.8 Å². The van der Waals surface area contributed by atoms with Gasteiger partial charge in [0.15, 0.2) is 0 Å². The summed E-state index contributed by atoms with van der Waals surface area (Å²) in [6, 6.07) is 5.68. The Kier molecular flexibility index (Phi) is 4.33. The van der Waals surface area contributed by atoms with E-state index in [1.54, 1.807) is 18.5 Å². The molecule has 7 nitrogen and oxygen atoms in total. The molecule has 4 rings (SSSR count). The molecule has 4 aromatic heterocycles. The molecule has 0 unspecified atom stereocenters. The molecule has 0 aromatic carbocycles. The zero-order valence-electron chi connectivity index (χ0n) is 12.8. The minimum Gasteiger partial charge on any atom is -0.463 e. The number of hydrogen-bond acceptors (Lipinski definition) is 5. The number of carbonyl (C=O) groups is 2. The first-order valence-corrected chi connectivity index (χ1v) is 7.11. The molecule has 0 amide bonds. The van der Waals surface area contributed by atoms with Crippen molar-refractivity contribution in [3.63, 3.8) is 0 Å². The molecule has 0 saturated heterocycles. The van der Waals surface area contributed by atoms with Gasteiger partial charge in [-0.2, -0.15) is 0 Å². The van der Waals surface area contributed by atoms with Gasteiger partial charge >= 0.3 is 5.97 Å². The van der Waals surface area contributed by atoms with Crippen LogP contribution in [-0.4, -0.2) is 38.8 Å². The van der Waals surface area contributed by atoms with Crippen LogP contribution in [0, 0.1) is 0 Å². The van der Waals surface area contributed by atoms with Gasteiger partial charge in [0.25, 0.3) is 5.78 Å². The van der Waals surface area contributed by atoms with E-state index in [1.807, 2.05) is 24.5 Å². The molecule has 0 aliphatic rings. The SMILES string of the molecule is COC(=O)C(=O)c1c[nH]c2ccncc12.c1cc2[nH]ccc2cn1. The van der Waals surface area contributed by atoms with Crippen molar-refractivity contribution in [1.82, 2.24) is 19.9 Å². The van der Waals surface area contributed by atoms with Crippen molar-refractivity contribution in [2.24, 2.45) is 0 Å². The number of Topliss-reactive ketones (excluding diaryl/α,β-unsaturated/α-hetero) is 1. The highest BCUT2D eigenvalue weighted by atomic mass is 16.5. The normalized spacial score (nSPS) is 10.2. The molecule has 4 aromatic rings. The number of methoxy groups -OCH3 is 1. The van der Waals surface area contributed by atoms with Gasteiger partial charge in [-0.15, -0.1) is 0 Å². The standard InChI is InChI=1S/C10H8N2O3.C7H6N2/c1-15-10(14)9(13)7-5-12-8-2-3-11-4-6(7)8;1-4-9-7-2-3-8-5-6(1)7/h2-5,12H,1H3;1-5,9H. The number of ketones is 1. The number of aromatic amines is 2. The second-order valence-corrected chi connectivity index (χ2v) is 4.88. The Morgan fingerprint density at radius 1 is 1.00 bits per heavy atom. The van der Waals surface area contributed by atoms with Crippen LogP contribution in [0.2, 0.25) is 0 Å². The van der Waals surface area contributed by atoms with Gasteiger partial charge in [-0.3, -0.25) is 14.8 Å². The Morgan fingerprint density at radius 2 is 1.75 bits per heavy atom. The fourth-order valence-corrected chi connectivity index (χ4v) is 2.25. The lowest BCUT2D eigenvalue weighted by Gasteiger charge is -1.95. The van der Waals surface area contributed by atoms with Crippen LogP contribution >= 0.6 is 0 Å². The van der Waals surface area contributed by atoms with Crippen molar-refractivity contribution in [2.45, 2.75) is 0 Å². The minimum atomic E-state index is -0.875. The summed E-state index contributed by atoms with van der Waals surface area (Å²) in [5, 5.41) is 1.78. The van der Waals surface area contributed by atoms with Crippen LogP contribution in [0.3, 0.4) is 0 Å². The topological polar surface area (TPSA) is 101 Å². The summed E-state index contributed by atoms with van der Waals surface area (Å²) in [5.74, 6) is -1.54. The molecule has 0 bridgehead atoms. The maximum absolute atomic E-state index is 11.5. The van der Waals surface area contributed by atoms with E-state index in [2.05, 4.69) is 24.7 Å². The van der Waals surface area contributed by atoms with Gasteiger partial charge in [0.1, 0.15) is 0 Å². The van der Waals surface area contributed by atoms with Gasteiger partial charge in [0, 0.05) is 59.0 Å². The van der Waals surface area contributed by atoms with E-state index in [0.29, 0.717) is 5.39 Å². The number of nitrogens with one attached hydrogen (secondary N) is 2. The van der Waals surface area contributed by atoms with Crippen LogP contribution in [-0.2, 0) is 9.53 Å². The van der Waals surface area contributed by atoms with Crippen LogP contribution in [0.4, 0.5) is 0 Å². The summed E-state index contributed by atoms with van der Waals surface area (Å²) in [6.07, 6.45) is 10.1. The molecule has 0 fully saturated rings. The number of pyridine rings is 2. The Labute approximate surface area is 136 Å². The van der Waals surface area contributed by atoms with E-state index in [0.717, 1.165) is 16.4 Å². The molecular weight excluding hydrogens is 308 g/mol. The van der Waals surface area contributed by atoms with Crippen molar-refractivity contribution in [2.75, 3.05) is 7.11 Å². The Balaban J connectivity index is 0.000000159. The lowest BCUT2D eigenvalue weighted by molar-refractivity contribution is -0.135. The van der Waals surface area contributed by atoms with E-state index in [9.17, 15) is 9.59 Å². The number of aromatic nitrogens is 4. The average Bonchev–Trinajstić information content (AvgIpc) is 3.27. The molecule has 2 N–H and O–H groups in total. The van der Waals surface area contributed by atoms with Gasteiger partial charge in [0.2, 0.25) is 0 Å². The molecule has 0 atom stereocenters. The third-order valence-electron chi connectivity index (χ3n) is 3.45. The quantitative estimate of drug-likeness (QED) is 0.335. The summed E-state index contributed by atoms with van der Waals surface area (Å²) in [4.78, 5) is 36.4. The molecule has 4 heterocycles. The largest absolute Gasteiger partial charge is 0.463 e. The number of rotatable bonds is 2.